The van der Waals surface area contributed by atoms with Crippen LogP contribution in [0.15, 0.2) is 24.4 Å². The normalized spacial score (nSPS) is 14.9. The van der Waals surface area contributed by atoms with Crippen molar-refractivity contribution in [2.24, 2.45) is 0 Å². The highest BCUT2D eigenvalue weighted by molar-refractivity contribution is 5.10. The summed E-state index contributed by atoms with van der Waals surface area (Å²) in [7, 11) is 0. The molecule has 0 bridgehead atoms. The van der Waals surface area contributed by atoms with Crippen LogP contribution in [-0.2, 0) is 0 Å². The van der Waals surface area contributed by atoms with E-state index in [1.165, 1.54) is 12.1 Å². The Kier molecular flexibility index (Phi) is 5.33. The van der Waals surface area contributed by atoms with E-state index in [1.54, 1.807) is 0 Å². The maximum absolute atomic E-state index is 4.42. The number of nitrogens with zero attached hydrogens (tertiary/aromatic N) is 1. The van der Waals surface area contributed by atoms with Gasteiger partial charge in [-0.15, -0.1) is 0 Å². The zero-order valence-corrected chi connectivity index (χ0v) is 10.0. The Hall–Kier alpha value is -0.890. The lowest BCUT2D eigenvalue weighted by molar-refractivity contribution is 0.433. The van der Waals surface area contributed by atoms with Gasteiger partial charge in [0, 0.05) is 23.9 Å². The smallest absolute Gasteiger partial charge is 0.0447 e. The van der Waals surface area contributed by atoms with Crippen molar-refractivity contribution in [2.45, 2.75) is 45.6 Å². The van der Waals surface area contributed by atoms with E-state index in [-0.39, 0.29) is 0 Å². The first-order chi connectivity index (χ1) is 7.29. The molecule has 0 saturated heterocycles. The van der Waals surface area contributed by atoms with Crippen LogP contribution < -0.4 is 5.32 Å². The van der Waals surface area contributed by atoms with Crippen LogP contribution in [0.2, 0.25) is 0 Å². The molecule has 1 aromatic rings. The third-order valence-electron chi connectivity index (χ3n) is 2.85. The first-order valence-corrected chi connectivity index (χ1v) is 5.93. The minimum Gasteiger partial charge on any atom is -0.313 e. The fraction of sp³-hybridized carbons (Fsp3) is 0.615. The van der Waals surface area contributed by atoms with E-state index < -0.39 is 0 Å². The average molecular weight is 206 g/mol. The Morgan fingerprint density at radius 3 is 2.67 bits per heavy atom. The van der Waals surface area contributed by atoms with Gasteiger partial charge in [-0.2, -0.15) is 0 Å². The predicted octanol–water partition coefficient (Wildman–Crippen LogP) is 2.96. The number of hydrogen-bond acceptors (Lipinski definition) is 2. The lowest BCUT2D eigenvalue weighted by Crippen LogP contribution is -2.34. The molecule has 2 atom stereocenters. The van der Waals surface area contributed by atoms with Crippen LogP contribution >= 0.6 is 0 Å². The van der Waals surface area contributed by atoms with Crippen molar-refractivity contribution >= 4 is 0 Å². The molecular weight excluding hydrogens is 184 g/mol. The van der Waals surface area contributed by atoms with Crippen LogP contribution in [0.4, 0.5) is 0 Å². The van der Waals surface area contributed by atoms with Gasteiger partial charge in [-0.25, -0.2) is 0 Å². The Morgan fingerprint density at radius 2 is 2.13 bits per heavy atom. The maximum Gasteiger partial charge on any atom is 0.0447 e. The van der Waals surface area contributed by atoms with E-state index in [9.17, 15) is 0 Å². The molecule has 0 aliphatic rings. The minimum absolute atomic E-state index is 0.489. The van der Waals surface area contributed by atoms with Crippen molar-refractivity contribution in [3.63, 3.8) is 0 Å². The standard InChI is InChI=1S/C13H22N2/c1-4-9-14-12(5-2)11(3)13-8-6-7-10-15-13/h6-8,10-12,14H,4-5,9H2,1-3H3. The van der Waals surface area contributed by atoms with Gasteiger partial charge in [-0.05, 0) is 31.5 Å². The molecule has 1 aromatic heterocycles. The zero-order chi connectivity index (χ0) is 11.1. The molecule has 0 amide bonds. The van der Waals surface area contributed by atoms with Gasteiger partial charge in [0.05, 0.1) is 0 Å². The molecule has 0 aliphatic carbocycles. The number of pyridine rings is 1. The van der Waals surface area contributed by atoms with Gasteiger partial charge >= 0.3 is 0 Å². The summed E-state index contributed by atoms with van der Waals surface area (Å²) in [5.41, 5.74) is 1.19. The lowest BCUT2D eigenvalue weighted by Gasteiger charge is -2.23. The zero-order valence-electron chi connectivity index (χ0n) is 10.0. The van der Waals surface area contributed by atoms with Gasteiger partial charge in [-0.3, -0.25) is 4.98 Å². The van der Waals surface area contributed by atoms with E-state index in [0.29, 0.717) is 12.0 Å². The number of rotatable bonds is 6. The fourth-order valence-electron chi connectivity index (χ4n) is 1.86. The van der Waals surface area contributed by atoms with Crippen molar-refractivity contribution in [2.75, 3.05) is 6.54 Å². The van der Waals surface area contributed by atoms with Gasteiger partial charge in [0.25, 0.3) is 0 Å². The van der Waals surface area contributed by atoms with Gasteiger partial charge in [0.15, 0.2) is 0 Å². The molecule has 1 heterocycles. The maximum atomic E-state index is 4.42. The molecular formula is C13H22N2. The minimum atomic E-state index is 0.489. The van der Waals surface area contributed by atoms with E-state index in [1.807, 2.05) is 12.3 Å². The van der Waals surface area contributed by atoms with Crippen LogP contribution in [0.3, 0.4) is 0 Å². The molecule has 0 radical (unpaired) electrons. The third kappa shape index (κ3) is 3.63. The molecule has 1 rings (SSSR count). The molecule has 0 aromatic carbocycles. The van der Waals surface area contributed by atoms with E-state index in [4.69, 9.17) is 0 Å². The van der Waals surface area contributed by atoms with Crippen molar-refractivity contribution in [1.29, 1.82) is 0 Å². The largest absolute Gasteiger partial charge is 0.313 e. The van der Waals surface area contributed by atoms with Crippen LogP contribution in [0.25, 0.3) is 0 Å². The number of aromatic nitrogens is 1. The number of hydrogen-bond donors (Lipinski definition) is 1. The van der Waals surface area contributed by atoms with Gasteiger partial charge in [-0.1, -0.05) is 26.8 Å². The molecule has 0 spiro atoms. The van der Waals surface area contributed by atoms with Gasteiger partial charge in [0.1, 0.15) is 0 Å². The third-order valence-corrected chi connectivity index (χ3v) is 2.85. The van der Waals surface area contributed by atoms with Gasteiger partial charge in [0.2, 0.25) is 0 Å². The Labute approximate surface area is 93.1 Å². The highest BCUT2D eigenvalue weighted by Gasteiger charge is 2.16. The molecule has 0 saturated carbocycles. The van der Waals surface area contributed by atoms with Crippen molar-refractivity contribution in [1.82, 2.24) is 10.3 Å². The van der Waals surface area contributed by atoms with Crippen LogP contribution in [-0.4, -0.2) is 17.6 Å². The number of nitrogens with one attached hydrogen (secondary N) is 1. The molecule has 1 N–H and O–H groups in total. The van der Waals surface area contributed by atoms with Crippen molar-refractivity contribution < 1.29 is 0 Å². The van der Waals surface area contributed by atoms with Crippen LogP contribution in [0, 0.1) is 0 Å². The predicted molar refractivity (Wildman–Crippen MR) is 65.0 cm³/mol. The summed E-state index contributed by atoms with van der Waals surface area (Å²) in [5, 5.41) is 3.58. The Balaban J connectivity index is 2.60. The van der Waals surface area contributed by atoms with Crippen LogP contribution in [0.1, 0.15) is 45.2 Å². The summed E-state index contributed by atoms with van der Waals surface area (Å²) in [5.74, 6) is 0.489. The first kappa shape index (κ1) is 12.2. The van der Waals surface area contributed by atoms with Crippen molar-refractivity contribution in [3.05, 3.63) is 30.1 Å². The molecule has 2 unspecified atom stereocenters. The molecule has 2 nitrogen and oxygen atoms in total. The fourth-order valence-corrected chi connectivity index (χ4v) is 1.86. The Bertz CT molecular complexity index is 258. The highest BCUT2D eigenvalue weighted by Crippen LogP contribution is 2.18. The molecule has 84 valence electrons. The molecule has 2 heteroatoms. The summed E-state index contributed by atoms with van der Waals surface area (Å²) < 4.78 is 0. The second kappa shape index (κ2) is 6.57. The second-order valence-electron chi connectivity index (χ2n) is 4.01. The van der Waals surface area contributed by atoms with E-state index in [2.05, 4.69) is 43.2 Å². The topological polar surface area (TPSA) is 24.9 Å². The van der Waals surface area contributed by atoms with Crippen molar-refractivity contribution in [3.8, 4) is 0 Å². The average Bonchev–Trinajstić information content (AvgIpc) is 2.31. The molecule has 0 fully saturated rings. The monoisotopic (exact) mass is 206 g/mol. The van der Waals surface area contributed by atoms with E-state index >= 15 is 0 Å². The molecule has 0 aliphatic heterocycles. The summed E-state index contributed by atoms with van der Waals surface area (Å²) >= 11 is 0. The summed E-state index contributed by atoms with van der Waals surface area (Å²) in [4.78, 5) is 4.42. The van der Waals surface area contributed by atoms with Crippen LogP contribution in [0.5, 0.6) is 0 Å². The quantitative estimate of drug-likeness (QED) is 0.774. The first-order valence-electron chi connectivity index (χ1n) is 5.93. The summed E-state index contributed by atoms with van der Waals surface area (Å²) in [6.07, 6.45) is 4.21. The SMILES string of the molecule is CCCNC(CC)C(C)c1ccccn1. The second-order valence-corrected chi connectivity index (χ2v) is 4.01. The van der Waals surface area contributed by atoms with Gasteiger partial charge < -0.3 is 5.32 Å². The Morgan fingerprint density at radius 1 is 1.33 bits per heavy atom. The lowest BCUT2D eigenvalue weighted by atomic mass is 9.95. The molecule has 15 heavy (non-hydrogen) atoms. The van der Waals surface area contributed by atoms with E-state index in [0.717, 1.165) is 13.0 Å². The summed E-state index contributed by atoms with van der Waals surface area (Å²) in [6, 6.07) is 6.68. The highest BCUT2D eigenvalue weighted by atomic mass is 14.9. The summed E-state index contributed by atoms with van der Waals surface area (Å²) in [6.45, 7) is 7.77.